The van der Waals surface area contributed by atoms with E-state index in [4.69, 9.17) is 4.74 Å². The molecule has 62 valence electrons. The van der Waals surface area contributed by atoms with Gasteiger partial charge in [0.1, 0.15) is 11.4 Å². The molecule has 0 fully saturated rings. The van der Waals surface area contributed by atoms with Gasteiger partial charge in [-0.15, -0.1) is 0 Å². The van der Waals surface area contributed by atoms with Crippen molar-refractivity contribution < 1.29 is 27.5 Å². The van der Waals surface area contributed by atoms with E-state index in [0.29, 0.717) is 0 Å². The highest BCUT2D eigenvalue weighted by molar-refractivity contribution is 5.34. The molecule has 0 aliphatic rings. The molecule has 1 rings (SSSR count). The van der Waals surface area contributed by atoms with Crippen molar-refractivity contribution in [3.8, 4) is 5.75 Å². The van der Waals surface area contributed by atoms with Gasteiger partial charge >= 0.3 is 0 Å². The normalized spacial score (nSPS) is 8.55. The third-order valence-corrected chi connectivity index (χ3v) is 1.23. The van der Waals surface area contributed by atoms with Crippen molar-refractivity contribution in [1.82, 2.24) is 0 Å². The number of rotatable bonds is 2. The zero-order chi connectivity index (χ0) is 7.40. The van der Waals surface area contributed by atoms with Crippen molar-refractivity contribution in [2.75, 3.05) is 6.61 Å². The topological polar surface area (TPSA) is 36.9 Å². The standard InChI is InChI=1S/C8H11NO.BrH/c1-2-10-8-5-3-7(9)4-6-8;/h3-6H,2,9H2,1H3;1H. The van der Waals surface area contributed by atoms with Crippen LogP contribution in [0.25, 0.3) is 0 Å². The molecule has 0 saturated heterocycles. The molecule has 0 radical (unpaired) electrons. The summed E-state index contributed by atoms with van der Waals surface area (Å²) in [4.78, 5) is 0. The molecule has 0 bridgehead atoms. The first-order valence-electron chi connectivity index (χ1n) is 3.37. The summed E-state index contributed by atoms with van der Waals surface area (Å²) in [6, 6.07) is 7.72. The van der Waals surface area contributed by atoms with E-state index < -0.39 is 0 Å². The SMILES string of the molecule is CCOc1ccc([NH3+])cc1.[Br-]. The molecule has 0 saturated carbocycles. The van der Waals surface area contributed by atoms with Crippen LogP contribution in [0.3, 0.4) is 0 Å². The second kappa shape index (κ2) is 5.16. The Morgan fingerprint density at radius 3 is 2.27 bits per heavy atom. The van der Waals surface area contributed by atoms with Crippen molar-refractivity contribution in [3.05, 3.63) is 24.3 Å². The van der Waals surface area contributed by atoms with Gasteiger partial charge in [0.25, 0.3) is 0 Å². The van der Waals surface area contributed by atoms with Gasteiger partial charge in [0, 0.05) is 12.1 Å². The molecule has 1 aromatic rings. The lowest BCUT2D eigenvalue weighted by Crippen LogP contribution is -3.00. The number of quaternary nitrogens is 1. The van der Waals surface area contributed by atoms with Gasteiger partial charge in [-0.05, 0) is 19.1 Å². The maximum absolute atomic E-state index is 5.23. The number of hydrogen-bond acceptors (Lipinski definition) is 1. The van der Waals surface area contributed by atoms with Crippen LogP contribution in [0.2, 0.25) is 0 Å². The Bertz CT molecular complexity index is 198. The lowest BCUT2D eigenvalue weighted by atomic mass is 10.3. The Morgan fingerprint density at radius 2 is 1.82 bits per heavy atom. The van der Waals surface area contributed by atoms with E-state index in [1.807, 2.05) is 31.2 Å². The number of hydrogen-bond donors (Lipinski definition) is 1. The summed E-state index contributed by atoms with van der Waals surface area (Å²) in [7, 11) is 0. The number of benzene rings is 1. The number of halogens is 1. The Kier molecular flexibility index (Phi) is 4.90. The molecule has 2 nitrogen and oxygen atoms in total. The lowest BCUT2D eigenvalue weighted by molar-refractivity contribution is -0.254. The smallest absolute Gasteiger partial charge is 0.128 e. The first-order chi connectivity index (χ1) is 4.83. The minimum Gasteiger partial charge on any atom is -1.00 e. The summed E-state index contributed by atoms with van der Waals surface area (Å²) in [6.45, 7) is 2.69. The minimum atomic E-state index is 0. The molecule has 0 spiro atoms. The van der Waals surface area contributed by atoms with Gasteiger partial charge in [0.15, 0.2) is 0 Å². The van der Waals surface area contributed by atoms with Gasteiger partial charge in [-0.3, -0.25) is 0 Å². The van der Waals surface area contributed by atoms with Crippen LogP contribution in [0.1, 0.15) is 6.92 Å². The van der Waals surface area contributed by atoms with Crippen molar-refractivity contribution in [2.24, 2.45) is 0 Å². The third kappa shape index (κ3) is 3.39. The van der Waals surface area contributed by atoms with E-state index in [-0.39, 0.29) is 17.0 Å². The fraction of sp³-hybridized carbons (Fsp3) is 0.250. The van der Waals surface area contributed by atoms with Crippen molar-refractivity contribution in [3.63, 3.8) is 0 Å². The van der Waals surface area contributed by atoms with Gasteiger partial charge in [0.2, 0.25) is 0 Å². The van der Waals surface area contributed by atoms with Gasteiger partial charge in [0.05, 0.1) is 6.61 Å². The second-order valence-corrected chi connectivity index (χ2v) is 2.08. The fourth-order valence-corrected chi connectivity index (χ4v) is 0.752. The zero-order valence-corrected chi connectivity index (χ0v) is 8.10. The van der Waals surface area contributed by atoms with E-state index in [1.165, 1.54) is 0 Å². The molecular formula is C8H12BrNO. The molecular weight excluding hydrogens is 206 g/mol. The Balaban J connectivity index is 0.000001000. The van der Waals surface area contributed by atoms with Crippen molar-refractivity contribution in [1.29, 1.82) is 0 Å². The number of ether oxygens (including phenoxy) is 1. The second-order valence-electron chi connectivity index (χ2n) is 2.08. The van der Waals surface area contributed by atoms with E-state index in [2.05, 4.69) is 5.73 Å². The summed E-state index contributed by atoms with van der Waals surface area (Å²) in [6.07, 6.45) is 0. The third-order valence-electron chi connectivity index (χ3n) is 1.23. The van der Waals surface area contributed by atoms with E-state index in [9.17, 15) is 0 Å². The van der Waals surface area contributed by atoms with Gasteiger partial charge < -0.3 is 27.5 Å². The summed E-state index contributed by atoms with van der Waals surface area (Å²) in [5.41, 5.74) is 4.78. The highest BCUT2D eigenvalue weighted by Crippen LogP contribution is 2.11. The Labute approximate surface area is 77.1 Å². The molecule has 3 N–H and O–H groups in total. The first kappa shape index (κ1) is 10.5. The predicted octanol–water partition coefficient (Wildman–Crippen LogP) is -2.04. The van der Waals surface area contributed by atoms with Crippen LogP contribution in [0.4, 0.5) is 5.69 Å². The molecule has 0 unspecified atom stereocenters. The van der Waals surface area contributed by atoms with Crippen molar-refractivity contribution in [2.45, 2.75) is 6.92 Å². The van der Waals surface area contributed by atoms with Gasteiger partial charge in [-0.1, -0.05) is 0 Å². The highest BCUT2D eigenvalue weighted by Gasteiger charge is 1.90. The average Bonchev–Trinajstić information content (AvgIpc) is 1.95. The molecule has 3 heteroatoms. The van der Waals surface area contributed by atoms with E-state index >= 15 is 0 Å². The molecule has 0 aliphatic heterocycles. The van der Waals surface area contributed by atoms with Crippen LogP contribution in [-0.2, 0) is 0 Å². The zero-order valence-electron chi connectivity index (χ0n) is 6.51. The monoisotopic (exact) mass is 217 g/mol. The average molecular weight is 218 g/mol. The van der Waals surface area contributed by atoms with Crippen LogP contribution in [-0.4, -0.2) is 6.61 Å². The van der Waals surface area contributed by atoms with Crippen LogP contribution < -0.4 is 27.5 Å². The Morgan fingerprint density at radius 1 is 1.27 bits per heavy atom. The maximum atomic E-state index is 5.23. The van der Waals surface area contributed by atoms with E-state index in [1.54, 1.807) is 0 Å². The molecule has 0 heterocycles. The molecule has 0 atom stereocenters. The molecule has 1 aromatic carbocycles. The fourth-order valence-electron chi connectivity index (χ4n) is 0.752. The van der Waals surface area contributed by atoms with Gasteiger partial charge in [-0.25, -0.2) is 0 Å². The summed E-state index contributed by atoms with van der Waals surface area (Å²) >= 11 is 0. The molecule has 0 aromatic heterocycles. The van der Waals surface area contributed by atoms with Crippen LogP contribution >= 0.6 is 0 Å². The van der Waals surface area contributed by atoms with Crippen LogP contribution in [0, 0.1) is 0 Å². The summed E-state index contributed by atoms with van der Waals surface area (Å²) in [5.74, 6) is 0.912. The highest BCUT2D eigenvalue weighted by atomic mass is 79.9. The van der Waals surface area contributed by atoms with Crippen LogP contribution in [0.15, 0.2) is 24.3 Å². The summed E-state index contributed by atoms with van der Waals surface area (Å²) in [5, 5.41) is 0. The van der Waals surface area contributed by atoms with Crippen LogP contribution in [0.5, 0.6) is 5.75 Å². The largest absolute Gasteiger partial charge is 1.00 e. The predicted molar refractivity (Wildman–Crippen MR) is 40.2 cm³/mol. The van der Waals surface area contributed by atoms with E-state index in [0.717, 1.165) is 18.0 Å². The van der Waals surface area contributed by atoms with Gasteiger partial charge in [-0.2, -0.15) is 0 Å². The molecule has 11 heavy (non-hydrogen) atoms. The summed E-state index contributed by atoms with van der Waals surface area (Å²) < 4.78 is 5.23. The maximum Gasteiger partial charge on any atom is 0.128 e. The minimum absolute atomic E-state index is 0. The molecule has 0 aliphatic carbocycles. The Hall–Kier alpha value is -0.540. The first-order valence-corrected chi connectivity index (χ1v) is 3.37. The lowest BCUT2D eigenvalue weighted by Gasteiger charge is -1.99. The molecule has 0 amide bonds. The quantitative estimate of drug-likeness (QED) is 0.610. The van der Waals surface area contributed by atoms with Crippen molar-refractivity contribution >= 4 is 5.69 Å².